The zero-order valence-electron chi connectivity index (χ0n) is 8.61. The minimum Gasteiger partial charge on any atom is -0.351 e. The van der Waals surface area contributed by atoms with Gasteiger partial charge in [-0.2, -0.15) is 5.26 Å². The summed E-state index contributed by atoms with van der Waals surface area (Å²) in [5.41, 5.74) is 0.852. The molecule has 0 spiro atoms. The predicted octanol–water partition coefficient (Wildman–Crippen LogP) is 3.49. The summed E-state index contributed by atoms with van der Waals surface area (Å²) in [6.45, 7) is 0. The van der Waals surface area contributed by atoms with Gasteiger partial charge in [-0.05, 0) is 24.3 Å². The molecule has 2 aromatic rings. The summed E-state index contributed by atoms with van der Waals surface area (Å²) in [6, 6.07) is 9.84. The van der Waals surface area contributed by atoms with Crippen molar-refractivity contribution in [2.24, 2.45) is 0 Å². The molecule has 2 rings (SSSR count). The number of nitriles is 1. The van der Waals surface area contributed by atoms with Gasteiger partial charge in [-0.3, -0.25) is 0 Å². The smallest absolute Gasteiger partial charge is 0.165 e. The summed E-state index contributed by atoms with van der Waals surface area (Å²) < 4.78 is 13.6. The largest absolute Gasteiger partial charge is 0.351 e. The van der Waals surface area contributed by atoms with Gasteiger partial charge >= 0.3 is 0 Å². The van der Waals surface area contributed by atoms with Crippen LogP contribution in [0, 0.1) is 17.1 Å². The number of anilines is 2. The minimum absolute atomic E-state index is 0.0254. The first-order valence-electron chi connectivity index (χ1n) is 4.78. The molecule has 3 nitrogen and oxygen atoms in total. The lowest BCUT2D eigenvalue weighted by molar-refractivity contribution is 0.632. The molecule has 17 heavy (non-hydrogen) atoms. The van der Waals surface area contributed by atoms with Crippen LogP contribution in [0.15, 0.2) is 36.5 Å². The van der Waals surface area contributed by atoms with Crippen LogP contribution < -0.4 is 5.32 Å². The molecule has 84 valence electrons. The van der Waals surface area contributed by atoms with Crippen LogP contribution in [0.4, 0.5) is 15.8 Å². The maximum Gasteiger partial charge on any atom is 0.165 e. The van der Waals surface area contributed by atoms with E-state index >= 15 is 0 Å². The third-order valence-electron chi connectivity index (χ3n) is 2.13. The normalized spacial score (nSPS) is 9.71. The fourth-order valence-corrected chi connectivity index (χ4v) is 1.52. The molecule has 0 aliphatic rings. The average Bonchev–Trinajstić information content (AvgIpc) is 2.35. The number of halogens is 2. The van der Waals surface area contributed by atoms with Gasteiger partial charge in [0.25, 0.3) is 0 Å². The van der Waals surface area contributed by atoms with E-state index in [4.69, 9.17) is 16.9 Å². The van der Waals surface area contributed by atoms with Gasteiger partial charge in [-0.25, -0.2) is 9.37 Å². The fourth-order valence-electron chi connectivity index (χ4n) is 1.34. The fraction of sp³-hybridized carbons (Fsp3) is 0. The molecule has 1 aromatic heterocycles. The van der Waals surface area contributed by atoms with E-state index in [9.17, 15) is 4.39 Å². The van der Waals surface area contributed by atoms with Gasteiger partial charge < -0.3 is 5.32 Å². The summed E-state index contributed by atoms with van der Waals surface area (Å²) >= 11 is 5.66. The Morgan fingerprint density at radius 3 is 2.76 bits per heavy atom. The van der Waals surface area contributed by atoms with Crippen molar-refractivity contribution in [3.05, 3.63) is 53.1 Å². The molecule has 0 radical (unpaired) electrons. The van der Waals surface area contributed by atoms with E-state index in [0.717, 1.165) is 0 Å². The van der Waals surface area contributed by atoms with Gasteiger partial charge in [0.05, 0.1) is 16.4 Å². The first-order valence-corrected chi connectivity index (χ1v) is 5.16. The van der Waals surface area contributed by atoms with Gasteiger partial charge in [-0.15, -0.1) is 0 Å². The number of benzene rings is 1. The first-order chi connectivity index (χ1) is 8.22. The van der Waals surface area contributed by atoms with Gasteiger partial charge in [0.15, 0.2) is 11.5 Å². The molecule has 5 heteroatoms. The van der Waals surface area contributed by atoms with Crippen molar-refractivity contribution in [3.63, 3.8) is 0 Å². The molecule has 1 heterocycles. The molecular weight excluding hydrogens is 241 g/mol. The summed E-state index contributed by atoms with van der Waals surface area (Å²) in [5, 5.41) is 11.7. The molecule has 0 unspecified atom stereocenters. The molecule has 0 fully saturated rings. The number of hydrogen-bond acceptors (Lipinski definition) is 3. The lowest BCUT2D eigenvalue weighted by Gasteiger charge is -2.08. The van der Waals surface area contributed by atoms with Crippen molar-refractivity contribution in [2.75, 3.05) is 5.32 Å². The quantitative estimate of drug-likeness (QED) is 0.884. The summed E-state index contributed by atoms with van der Waals surface area (Å²) in [5.74, 6) is -0.554. The van der Waals surface area contributed by atoms with Crippen LogP contribution >= 0.6 is 11.6 Å². The molecule has 1 aromatic carbocycles. The average molecular weight is 248 g/mol. The van der Waals surface area contributed by atoms with Crippen molar-refractivity contribution >= 4 is 23.0 Å². The van der Waals surface area contributed by atoms with Crippen LogP contribution in [0.2, 0.25) is 5.02 Å². The molecule has 0 bridgehead atoms. The monoisotopic (exact) mass is 247 g/mol. The minimum atomic E-state index is -0.554. The van der Waals surface area contributed by atoms with Gasteiger partial charge in [0, 0.05) is 6.20 Å². The number of nitrogens with one attached hydrogen (secondary N) is 1. The van der Waals surface area contributed by atoms with E-state index in [-0.39, 0.29) is 16.4 Å². The van der Waals surface area contributed by atoms with Crippen LogP contribution in [0.5, 0.6) is 0 Å². The Bertz CT molecular complexity index is 593. The maximum absolute atomic E-state index is 13.6. The Labute approximate surface area is 102 Å². The molecule has 0 atom stereocenters. The Kier molecular flexibility index (Phi) is 3.22. The van der Waals surface area contributed by atoms with E-state index in [2.05, 4.69) is 10.3 Å². The van der Waals surface area contributed by atoms with Gasteiger partial charge in [0.2, 0.25) is 0 Å². The second kappa shape index (κ2) is 4.81. The molecule has 0 aliphatic heterocycles. The molecule has 0 saturated heterocycles. The zero-order chi connectivity index (χ0) is 12.3. The van der Waals surface area contributed by atoms with Crippen molar-refractivity contribution in [3.8, 4) is 6.07 Å². The predicted molar refractivity (Wildman–Crippen MR) is 63.6 cm³/mol. The lowest BCUT2D eigenvalue weighted by Crippen LogP contribution is -1.97. The highest BCUT2D eigenvalue weighted by molar-refractivity contribution is 6.31. The second-order valence-corrected chi connectivity index (χ2v) is 3.64. The summed E-state index contributed by atoms with van der Waals surface area (Å²) in [4.78, 5) is 3.87. The number of hydrogen-bond donors (Lipinski definition) is 1. The number of pyridine rings is 1. The molecule has 0 aliphatic carbocycles. The topological polar surface area (TPSA) is 48.7 Å². The lowest BCUT2D eigenvalue weighted by atomic mass is 10.2. The molecule has 0 saturated carbocycles. The highest BCUT2D eigenvalue weighted by atomic mass is 35.5. The van der Waals surface area contributed by atoms with E-state index in [0.29, 0.717) is 5.69 Å². The summed E-state index contributed by atoms with van der Waals surface area (Å²) in [6.07, 6.45) is 1.50. The number of rotatable bonds is 2. The van der Waals surface area contributed by atoms with Crippen molar-refractivity contribution in [1.29, 1.82) is 5.26 Å². The highest BCUT2D eigenvalue weighted by Gasteiger charge is 2.08. The molecular formula is C12H7ClFN3. The SMILES string of the molecule is N#Cc1ncccc1Nc1cccc(Cl)c1F. The van der Waals surface area contributed by atoms with Crippen molar-refractivity contribution in [2.45, 2.75) is 0 Å². The summed E-state index contributed by atoms with van der Waals surface area (Å²) in [7, 11) is 0. The maximum atomic E-state index is 13.6. The van der Waals surface area contributed by atoms with Crippen LogP contribution in [-0.2, 0) is 0 Å². The Morgan fingerprint density at radius 2 is 2.00 bits per heavy atom. The third kappa shape index (κ3) is 2.35. The van der Waals surface area contributed by atoms with E-state index in [1.807, 2.05) is 6.07 Å². The zero-order valence-corrected chi connectivity index (χ0v) is 9.37. The standard InChI is InChI=1S/C12H7ClFN3/c13-8-3-1-4-10(12(8)14)17-9-5-2-6-16-11(9)7-15/h1-6,17H. The number of nitrogens with zero attached hydrogens (tertiary/aromatic N) is 2. The van der Waals surface area contributed by atoms with Crippen LogP contribution in [0.1, 0.15) is 5.69 Å². The van der Waals surface area contributed by atoms with E-state index < -0.39 is 5.82 Å². The third-order valence-corrected chi connectivity index (χ3v) is 2.43. The number of aromatic nitrogens is 1. The second-order valence-electron chi connectivity index (χ2n) is 3.24. The first kappa shape index (κ1) is 11.4. The van der Waals surface area contributed by atoms with E-state index in [1.54, 1.807) is 18.2 Å². The van der Waals surface area contributed by atoms with Crippen molar-refractivity contribution < 1.29 is 4.39 Å². The molecule has 0 amide bonds. The highest BCUT2D eigenvalue weighted by Crippen LogP contribution is 2.26. The van der Waals surface area contributed by atoms with Gasteiger partial charge in [0.1, 0.15) is 6.07 Å². The van der Waals surface area contributed by atoms with E-state index in [1.165, 1.54) is 18.3 Å². The molecule has 1 N–H and O–H groups in total. The van der Waals surface area contributed by atoms with Crippen LogP contribution in [0.25, 0.3) is 0 Å². The Hall–Kier alpha value is -2.12. The van der Waals surface area contributed by atoms with Crippen LogP contribution in [0.3, 0.4) is 0 Å². The van der Waals surface area contributed by atoms with Crippen molar-refractivity contribution in [1.82, 2.24) is 4.98 Å². The Morgan fingerprint density at radius 1 is 1.24 bits per heavy atom. The van der Waals surface area contributed by atoms with Gasteiger partial charge in [-0.1, -0.05) is 17.7 Å². The Balaban J connectivity index is 2.39. The van der Waals surface area contributed by atoms with Crippen LogP contribution in [-0.4, -0.2) is 4.98 Å².